The van der Waals surface area contributed by atoms with Crippen LogP contribution in [-0.2, 0) is 17.8 Å². The van der Waals surface area contributed by atoms with E-state index in [-0.39, 0.29) is 5.91 Å². The Kier molecular flexibility index (Phi) is 4.50. The van der Waals surface area contributed by atoms with E-state index < -0.39 is 0 Å². The molecule has 3 heterocycles. The summed E-state index contributed by atoms with van der Waals surface area (Å²) in [5, 5.41) is 4.88. The second kappa shape index (κ2) is 6.91. The largest absolute Gasteiger partial charge is 0.350 e. The van der Waals surface area contributed by atoms with Crippen molar-refractivity contribution in [3.8, 4) is 10.6 Å². The van der Waals surface area contributed by atoms with E-state index in [1.165, 1.54) is 0 Å². The van der Waals surface area contributed by atoms with Crippen molar-refractivity contribution in [2.45, 2.75) is 13.0 Å². The minimum atomic E-state index is -0.0595. The van der Waals surface area contributed by atoms with E-state index in [0.29, 0.717) is 13.0 Å². The first-order valence-corrected chi connectivity index (χ1v) is 7.70. The third-order valence-electron chi connectivity index (χ3n) is 3.07. The Morgan fingerprint density at radius 3 is 2.82 bits per heavy atom. The Morgan fingerprint density at radius 2 is 2.05 bits per heavy atom. The van der Waals surface area contributed by atoms with Crippen molar-refractivity contribution in [2.75, 3.05) is 0 Å². The first kappa shape index (κ1) is 14.3. The van der Waals surface area contributed by atoms with Gasteiger partial charge in [0, 0.05) is 24.8 Å². The van der Waals surface area contributed by atoms with Gasteiger partial charge in [-0.05, 0) is 23.1 Å². The van der Waals surface area contributed by atoms with E-state index in [1.54, 1.807) is 36.1 Å². The second-order valence-electron chi connectivity index (χ2n) is 4.64. The van der Waals surface area contributed by atoms with Crippen molar-refractivity contribution < 1.29 is 4.79 Å². The molecule has 0 saturated carbocycles. The van der Waals surface area contributed by atoms with E-state index in [4.69, 9.17) is 0 Å². The van der Waals surface area contributed by atoms with Gasteiger partial charge in [0.1, 0.15) is 5.69 Å². The summed E-state index contributed by atoms with van der Waals surface area (Å²) in [5.41, 5.74) is 2.47. The third kappa shape index (κ3) is 3.53. The van der Waals surface area contributed by atoms with Gasteiger partial charge in [-0.3, -0.25) is 19.7 Å². The number of pyridine rings is 1. The van der Waals surface area contributed by atoms with Crippen LogP contribution >= 0.6 is 11.3 Å². The molecular formula is C16H14N4OS. The van der Waals surface area contributed by atoms with Gasteiger partial charge in [-0.1, -0.05) is 12.1 Å². The fourth-order valence-electron chi connectivity index (χ4n) is 2.05. The number of thiophene rings is 1. The highest BCUT2D eigenvalue weighted by Gasteiger charge is 2.10. The van der Waals surface area contributed by atoms with Crippen LogP contribution in [0.2, 0.25) is 0 Å². The van der Waals surface area contributed by atoms with Gasteiger partial charge in [0.2, 0.25) is 5.91 Å². The molecule has 0 saturated heterocycles. The fourth-order valence-corrected chi connectivity index (χ4v) is 2.79. The molecule has 0 aliphatic heterocycles. The molecule has 0 spiro atoms. The summed E-state index contributed by atoms with van der Waals surface area (Å²) in [4.78, 5) is 25.7. The first-order chi connectivity index (χ1) is 10.8. The number of aromatic nitrogens is 3. The molecule has 3 rings (SSSR count). The smallest absolute Gasteiger partial charge is 0.224 e. The Morgan fingerprint density at radius 1 is 1.14 bits per heavy atom. The van der Waals surface area contributed by atoms with Crippen LogP contribution in [0.25, 0.3) is 10.6 Å². The number of hydrogen-bond acceptors (Lipinski definition) is 5. The average Bonchev–Trinajstić information content (AvgIpc) is 3.08. The molecule has 6 heteroatoms. The van der Waals surface area contributed by atoms with Crippen LogP contribution in [0.5, 0.6) is 0 Å². The van der Waals surface area contributed by atoms with Gasteiger partial charge in [-0.2, -0.15) is 0 Å². The number of carbonyl (C=O) groups excluding carboxylic acids is 1. The van der Waals surface area contributed by atoms with Gasteiger partial charge < -0.3 is 5.32 Å². The lowest BCUT2D eigenvalue weighted by atomic mass is 10.2. The Balaban J connectivity index is 1.66. The summed E-state index contributed by atoms with van der Waals surface area (Å²) in [5.74, 6) is -0.0595. The minimum absolute atomic E-state index is 0.0595. The van der Waals surface area contributed by atoms with Crippen LogP contribution in [0.4, 0.5) is 0 Å². The van der Waals surface area contributed by atoms with E-state index >= 15 is 0 Å². The van der Waals surface area contributed by atoms with Crippen LogP contribution in [0.15, 0.2) is 54.4 Å². The summed E-state index contributed by atoms with van der Waals surface area (Å²) in [6.07, 6.45) is 6.99. The predicted molar refractivity (Wildman–Crippen MR) is 85.1 cm³/mol. The zero-order valence-corrected chi connectivity index (χ0v) is 12.6. The zero-order chi connectivity index (χ0) is 15.2. The fraction of sp³-hybridized carbons (Fsp3) is 0.125. The normalized spacial score (nSPS) is 10.4. The second-order valence-corrected chi connectivity index (χ2v) is 5.59. The third-order valence-corrected chi connectivity index (χ3v) is 3.95. The molecule has 1 N–H and O–H groups in total. The molecule has 1 amide bonds. The lowest BCUT2D eigenvalue weighted by molar-refractivity contribution is -0.120. The summed E-state index contributed by atoms with van der Waals surface area (Å²) < 4.78 is 0. The summed E-state index contributed by atoms with van der Waals surface area (Å²) in [6, 6.07) is 7.67. The van der Waals surface area contributed by atoms with Crippen molar-refractivity contribution in [3.63, 3.8) is 0 Å². The topological polar surface area (TPSA) is 67.8 Å². The molecule has 0 aromatic carbocycles. The van der Waals surface area contributed by atoms with Gasteiger partial charge in [-0.25, -0.2) is 0 Å². The van der Waals surface area contributed by atoms with Gasteiger partial charge >= 0.3 is 0 Å². The average molecular weight is 310 g/mol. The van der Waals surface area contributed by atoms with Gasteiger partial charge in [-0.15, -0.1) is 11.3 Å². The van der Waals surface area contributed by atoms with Crippen molar-refractivity contribution in [3.05, 3.63) is 65.7 Å². The highest BCUT2D eigenvalue weighted by Crippen LogP contribution is 2.24. The van der Waals surface area contributed by atoms with Crippen LogP contribution < -0.4 is 5.32 Å². The molecule has 5 nitrogen and oxygen atoms in total. The van der Waals surface area contributed by atoms with Gasteiger partial charge in [0.05, 0.1) is 23.5 Å². The molecule has 110 valence electrons. The molecule has 3 aromatic heterocycles. The highest BCUT2D eigenvalue weighted by molar-refractivity contribution is 7.13. The number of rotatable bonds is 5. The zero-order valence-electron chi connectivity index (χ0n) is 11.8. The Bertz CT molecular complexity index is 744. The van der Waals surface area contributed by atoms with E-state index in [1.807, 2.05) is 29.6 Å². The molecule has 0 unspecified atom stereocenters. The van der Waals surface area contributed by atoms with E-state index in [2.05, 4.69) is 20.3 Å². The SMILES string of the molecule is O=C(Cc1cccnc1)NCc1nccnc1-c1cccs1. The maximum atomic E-state index is 12.0. The quantitative estimate of drug-likeness (QED) is 0.786. The number of amides is 1. The number of carbonyl (C=O) groups is 1. The van der Waals surface area contributed by atoms with Crippen LogP contribution in [-0.4, -0.2) is 20.9 Å². The van der Waals surface area contributed by atoms with Crippen molar-refractivity contribution in [1.82, 2.24) is 20.3 Å². The first-order valence-electron chi connectivity index (χ1n) is 6.82. The maximum Gasteiger partial charge on any atom is 0.224 e. The van der Waals surface area contributed by atoms with Crippen LogP contribution in [0.1, 0.15) is 11.3 Å². The molecule has 0 bridgehead atoms. The van der Waals surface area contributed by atoms with Gasteiger partial charge in [0.25, 0.3) is 0 Å². The maximum absolute atomic E-state index is 12.0. The molecule has 0 aliphatic rings. The highest BCUT2D eigenvalue weighted by atomic mass is 32.1. The molecule has 0 fully saturated rings. The summed E-state index contributed by atoms with van der Waals surface area (Å²) >= 11 is 1.60. The lowest BCUT2D eigenvalue weighted by Gasteiger charge is -2.07. The molecule has 0 aliphatic carbocycles. The lowest BCUT2D eigenvalue weighted by Crippen LogP contribution is -2.25. The molecule has 0 atom stereocenters. The summed E-state index contributed by atoms with van der Waals surface area (Å²) in [6.45, 7) is 0.361. The monoisotopic (exact) mass is 310 g/mol. The van der Waals surface area contributed by atoms with E-state index in [9.17, 15) is 4.79 Å². The molecular weight excluding hydrogens is 296 g/mol. The van der Waals surface area contributed by atoms with Crippen molar-refractivity contribution in [1.29, 1.82) is 0 Å². The van der Waals surface area contributed by atoms with E-state index in [0.717, 1.165) is 21.8 Å². The van der Waals surface area contributed by atoms with Crippen LogP contribution in [0, 0.1) is 0 Å². The molecule has 0 radical (unpaired) electrons. The minimum Gasteiger partial charge on any atom is -0.350 e. The Labute approximate surface area is 132 Å². The van der Waals surface area contributed by atoms with Crippen molar-refractivity contribution in [2.24, 2.45) is 0 Å². The summed E-state index contributed by atoms with van der Waals surface area (Å²) in [7, 11) is 0. The standard InChI is InChI=1S/C16H14N4OS/c21-15(9-12-3-1-5-17-10-12)20-11-13-16(19-7-6-18-13)14-4-2-8-22-14/h1-8,10H,9,11H2,(H,20,21). The number of hydrogen-bond donors (Lipinski definition) is 1. The number of nitrogens with zero attached hydrogens (tertiary/aromatic N) is 3. The van der Waals surface area contributed by atoms with Crippen molar-refractivity contribution >= 4 is 17.2 Å². The Hall–Kier alpha value is -2.60. The number of nitrogens with one attached hydrogen (secondary N) is 1. The molecule has 3 aromatic rings. The predicted octanol–water partition coefficient (Wildman–Crippen LogP) is 2.46. The molecule has 22 heavy (non-hydrogen) atoms. The van der Waals surface area contributed by atoms with Crippen LogP contribution in [0.3, 0.4) is 0 Å². The van der Waals surface area contributed by atoms with Gasteiger partial charge in [0.15, 0.2) is 0 Å².